The standard InChI is InChI=1S/C13H16O/c1-2-3-4-5-6-7-12-8-10-13(14)11-9-12/h8-11,14H,2-5H2,1H3. The van der Waals surface area contributed by atoms with Crippen LogP contribution in [0.5, 0.6) is 5.75 Å². The normalized spacial score (nSPS) is 9.21. The quantitative estimate of drug-likeness (QED) is 0.570. The average molecular weight is 188 g/mol. The Hall–Kier alpha value is -1.42. The molecule has 0 atom stereocenters. The van der Waals surface area contributed by atoms with E-state index in [0.717, 1.165) is 12.0 Å². The molecule has 0 aliphatic rings. The number of hydrogen-bond acceptors (Lipinski definition) is 1. The molecular formula is C13H16O. The number of phenolic OH excluding ortho intramolecular Hbond substituents is 1. The minimum absolute atomic E-state index is 0.293. The Kier molecular flexibility index (Phi) is 4.64. The van der Waals surface area contributed by atoms with Crippen molar-refractivity contribution in [1.29, 1.82) is 0 Å². The van der Waals surface area contributed by atoms with Crippen molar-refractivity contribution in [1.82, 2.24) is 0 Å². The zero-order valence-corrected chi connectivity index (χ0v) is 8.59. The van der Waals surface area contributed by atoms with Gasteiger partial charge in [0.2, 0.25) is 0 Å². The third-order valence-corrected chi connectivity index (χ3v) is 2.01. The second kappa shape index (κ2) is 6.10. The van der Waals surface area contributed by atoms with Gasteiger partial charge in [-0.1, -0.05) is 31.6 Å². The molecule has 74 valence electrons. The van der Waals surface area contributed by atoms with Gasteiger partial charge in [0.15, 0.2) is 0 Å². The van der Waals surface area contributed by atoms with Gasteiger partial charge in [-0.25, -0.2) is 0 Å². The average Bonchev–Trinajstić information content (AvgIpc) is 2.21. The Bertz CT molecular complexity index is 313. The van der Waals surface area contributed by atoms with Gasteiger partial charge >= 0.3 is 0 Å². The molecule has 1 nitrogen and oxygen atoms in total. The van der Waals surface area contributed by atoms with Crippen molar-refractivity contribution in [2.45, 2.75) is 32.6 Å². The van der Waals surface area contributed by atoms with Crippen molar-refractivity contribution in [3.63, 3.8) is 0 Å². The lowest BCUT2D eigenvalue weighted by atomic mass is 10.2. The maximum absolute atomic E-state index is 9.05. The molecule has 0 radical (unpaired) electrons. The Balaban J connectivity index is 2.39. The maximum atomic E-state index is 9.05. The summed E-state index contributed by atoms with van der Waals surface area (Å²) in [7, 11) is 0. The van der Waals surface area contributed by atoms with E-state index in [-0.39, 0.29) is 0 Å². The summed E-state index contributed by atoms with van der Waals surface area (Å²) in [6.07, 6.45) is 4.64. The first-order valence-corrected chi connectivity index (χ1v) is 5.11. The van der Waals surface area contributed by atoms with Crippen LogP contribution in [0.3, 0.4) is 0 Å². The molecule has 1 rings (SSSR count). The molecule has 14 heavy (non-hydrogen) atoms. The number of hydrogen-bond donors (Lipinski definition) is 1. The van der Waals surface area contributed by atoms with E-state index in [9.17, 15) is 0 Å². The summed E-state index contributed by atoms with van der Waals surface area (Å²) < 4.78 is 0. The van der Waals surface area contributed by atoms with Crippen LogP contribution in [0, 0.1) is 11.8 Å². The van der Waals surface area contributed by atoms with Crippen molar-refractivity contribution < 1.29 is 5.11 Å². The van der Waals surface area contributed by atoms with Crippen molar-refractivity contribution >= 4 is 0 Å². The molecule has 0 aliphatic carbocycles. The van der Waals surface area contributed by atoms with Crippen LogP contribution in [0.1, 0.15) is 38.2 Å². The van der Waals surface area contributed by atoms with Gasteiger partial charge in [0.05, 0.1) is 0 Å². The SMILES string of the molecule is CCCCCC#Cc1ccc(O)cc1. The van der Waals surface area contributed by atoms with Crippen LogP contribution in [-0.4, -0.2) is 5.11 Å². The van der Waals surface area contributed by atoms with E-state index < -0.39 is 0 Å². The minimum atomic E-state index is 0.293. The van der Waals surface area contributed by atoms with Crippen LogP contribution in [0.2, 0.25) is 0 Å². The van der Waals surface area contributed by atoms with Crippen LogP contribution in [-0.2, 0) is 0 Å². The number of benzene rings is 1. The van der Waals surface area contributed by atoms with E-state index in [0.29, 0.717) is 5.75 Å². The Labute approximate surface area is 85.8 Å². The predicted octanol–water partition coefficient (Wildman–Crippen LogP) is 3.32. The largest absolute Gasteiger partial charge is 0.508 e. The fourth-order valence-electron chi connectivity index (χ4n) is 1.17. The lowest BCUT2D eigenvalue weighted by molar-refractivity contribution is 0.475. The second-order valence-corrected chi connectivity index (χ2v) is 3.31. The molecule has 0 unspecified atom stereocenters. The van der Waals surface area contributed by atoms with Crippen LogP contribution in [0.4, 0.5) is 0 Å². The molecule has 0 saturated carbocycles. The highest BCUT2D eigenvalue weighted by atomic mass is 16.3. The molecule has 1 N–H and O–H groups in total. The van der Waals surface area contributed by atoms with Crippen molar-refractivity contribution in [2.75, 3.05) is 0 Å². The molecule has 0 fully saturated rings. The van der Waals surface area contributed by atoms with Gasteiger partial charge in [0.25, 0.3) is 0 Å². The summed E-state index contributed by atoms with van der Waals surface area (Å²) in [4.78, 5) is 0. The van der Waals surface area contributed by atoms with E-state index in [1.807, 2.05) is 12.1 Å². The summed E-state index contributed by atoms with van der Waals surface area (Å²) in [5.41, 5.74) is 0.972. The summed E-state index contributed by atoms with van der Waals surface area (Å²) in [6, 6.07) is 7.00. The number of phenols is 1. The van der Waals surface area contributed by atoms with Crippen molar-refractivity contribution in [3.8, 4) is 17.6 Å². The second-order valence-electron chi connectivity index (χ2n) is 3.31. The Morgan fingerprint density at radius 1 is 1.14 bits per heavy atom. The van der Waals surface area contributed by atoms with E-state index in [1.165, 1.54) is 19.3 Å². The first kappa shape index (κ1) is 10.7. The summed E-state index contributed by atoms with van der Waals surface area (Å²) in [5, 5.41) is 9.05. The lowest BCUT2D eigenvalue weighted by Crippen LogP contribution is -1.74. The molecule has 0 bridgehead atoms. The first-order valence-electron chi connectivity index (χ1n) is 5.11. The zero-order chi connectivity index (χ0) is 10.2. The third-order valence-electron chi connectivity index (χ3n) is 2.01. The molecule has 1 aromatic carbocycles. The van der Waals surface area contributed by atoms with Crippen LogP contribution in [0.15, 0.2) is 24.3 Å². The van der Waals surface area contributed by atoms with Gasteiger partial charge in [-0.3, -0.25) is 0 Å². The molecule has 0 spiro atoms. The highest BCUT2D eigenvalue weighted by Gasteiger charge is 1.87. The van der Waals surface area contributed by atoms with Gasteiger partial charge in [-0.2, -0.15) is 0 Å². The topological polar surface area (TPSA) is 20.2 Å². The van der Waals surface area contributed by atoms with Crippen molar-refractivity contribution in [3.05, 3.63) is 29.8 Å². The molecule has 0 amide bonds. The molecule has 1 heteroatoms. The first-order chi connectivity index (χ1) is 6.83. The van der Waals surface area contributed by atoms with Gasteiger partial charge < -0.3 is 5.11 Å². The Morgan fingerprint density at radius 3 is 2.50 bits per heavy atom. The van der Waals surface area contributed by atoms with Crippen molar-refractivity contribution in [2.24, 2.45) is 0 Å². The predicted molar refractivity (Wildman–Crippen MR) is 59.1 cm³/mol. The monoisotopic (exact) mass is 188 g/mol. The molecule has 0 saturated heterocycles. The zero-order valence-electron chi connectivity index (χ0n) is 8.59. The summed E-state index contributed by atoms with van der Waals surface area (Å²) >= 11 is 0. The van der Waals surface area contributed by atoms with Gasteiger partial charge in [0, 0.05) is 12.0 Å². The molecule has 0 aromatic heterocycles. The third kappa shape index (κ3) is 4.00. The fourth-order valence-corrected chi connectivity index (χ4v) is 1.17. The van der Waals surface area contributed by atoms with Gasteiger partial charge in [-0.05, 0) is 30.7 Å². The maximum Gasteiger partial charge on any atom is 0.115 e. The highest BCUT2D eigenvalue weighted by molar-refractivity contribution is 5.37. The van der Waals surface area contributed by atoms with Crippen LogP contribution >= 0.6 is 0 Å². The minimum Gasteiger partial charge on any atom is -0.508 e. The van der Waals surface area contributed by atoms with E-state index >= 15 is 0 Å². The summed E-state index contributed by atoms with van der Waals surface area (Å²) in [5.74, 6) is 6.49. The molecular weight excluding hydrogens is 172 g/mol. The fraction of sp³-hybridized carbons (Fsp3) is 0.385. The number of rotatable bonds is 3. The molecule has 0 heterocycles. The smallest absolute Gasteiger partial charge is 0.115 e. The van der Waals surface area contributed by atoms with Crippen LogP contribution < -0.4 is 0 Å². The lowest BCUT2D eigenvalue weighted by Gasteiger charge is -1.91. The molecule has 1 aromatic rings. The van der Waals surface area contributed by atoms with E-state index in [2.05, 4.69) is 18.8 Å². The number of aromatic hydroxyl groups is 1. The van der Waals surface area contributed by atoms with E-state index in [1.54, 1.807) is 12.1 Å². The highest BCUT2D eigenvalue weighted by Crippen LogP contribution is 2.08. The van der Waals surface area contributed by atoms with Crippen LogP contribution in [0.25, 0.3) is 0 Å². The summed E-state index contributed by atoms with van der Waals surface area (Å²) in [6.45, 7) is 2.19. The van der Waals surface area contributed by atoms with Gasteiger partial charge in [0.1, 0.15) is 5.75 Å². The Morgan fingerprint density at radius 2 is 1.86 bits per heavy atom. The number of unbranched alkanes of at least 4 members (excludes halogenated alkanes) is 3. The van der Waals surface area contributed by atoms with E-state index in [4.69, 9.17) is 5.11 Å². The molecule has 0 aliphatic heterocycles. The van der Waals surface area contributed by atoms with Gasteiger partial charge in [-0.15, -0.1) is 0 Å².